The van der Waals surface area contributed by atoms with Gasteiger partial charge in [-0.25, -0.2) is 0 Å². The molecule has 3 amide bonds. The molecule has 0 spiro atoms. The van der Waals surface area contributed by atoms with Crippen molar-refractivity contribution in [3.63, 3.8) is 0 Å². The SMILES string of the molecule is CCC(C)c1ccccc1OCC(=O)N(C)CC(=O)N1c2ccccc2NC(=O)CC1C. The fraction of sp³-hybridized carbons (Fsp3) is 0.400. The van der Waals surface area contributed by atoms with Crippen LogP contribution in [0.3, 0.4) is 0 Å². The first-order valence-electron chi connectivity index (χ1n) is 11.0. The van der Waals surface area contributed by atoms with Crippen LogP contribution in [0.1, 0.15) is 45.1 Å². The smallest absolute Gasteiger partial charge is 0.260 e. The van der Waals surface area contributed by atoms with E-state index in [0.717, 1.165) is 12.0 Å². The van der Waals surface area contributed by atoms with Crippen LogP contribution in [0, 0.1) is 0 Å². The topological polar surface area (TPSA) is 79.0 Å². The Bertz CT molecular complexity index is 991. The summed E-state index contributed by atoms with van der Waals surface area (Å²) in [6.45, 7) is 5.80. The number of likely N-dealkylation sites (N-methyl/N-ethyl adjacent to an activating group) is 1. The highest BCUT2D eigenvalue weighted by Gasteiger charge is 2.30. The van der Waals surface area contributed by atoms with Crippen molar-refractivity contribution >= 4 is 29.1 Å². The average molecular weight is 438 g/mol. The maximum atomic E-state index is 13.2. The van der Waals surface area contributed by atoms with E-state index in [2.05, 4.69) is 19.2 Å². The van der Waals surface area contributed by atoms with Crippen LogP contribution in [0.2, 0.25) is 0 Å². The molecule has 0 aliphatic carbocycles. The molecule has 1 aliphatic rings. The number of para-hydroxylation sites is 3. The monoisotopic (exact) mass is 437 g/mol. The Morgan fingerprint density at radius 1 is 1.19 bits per heavy atom. The van der Waals surface area contributed by atoms with Gasteiger partial charge in [0.25, 0.3) is 5.91 Å². The van der Waals surface area contributed by atoms with Crippen molar-refractivity contribution in [2.24, 2.45) is 0 Å². The number of nitrogens with one attached hydrogen (secondary N) is 1. The molecule has 1 heterocycles. The number of carbonyl (C=O) groups excluding carboxylic acids is 3. The number of carbonyl (C=O) groups is 3. The Morgan fingerprint density at radius 3 is 2.62 bits per heavy atom. The van der Waals surface area contributed by atoms with Crippen molar-refractivity contribution in [3.8, 4) is 5.75 Å². The van der Waals surface area contributed by atoms with Crippen LogP contribution in [-0.4, -0.2) is 48.9 Å². The highest BCUT2D eigenvalue weighted by molar-refractivity contribution is 6.05. The number of rotatable bonds is 7. The van der Waals surface area contributed by atoms with E-state index >= 15 is 0 Å². The van der Waals surface area contributed by atoms with Crippen molar-refractivity contribution in [3.05, 3.63) is 54.1 Å². The molecule has 2 atom stereocenters. The Morgan fingerprint density at radius 2 is 1.88 bits per heavy atom. The summed E-state index contributed by atoms with van der Waals surface area (Å²) in [4.78, 5) is 41.0. The van der Waals surface area contributed by atoms with Crippen molar-refractivity contribution < 1.29 is 19.1 Å². The predicted molar refractivity (Wildman–Crippen MR) is 125 cm³/mol. The third-order valence-corrected chi connectivity index (χ3v) is 5.84. The standard InChI is InChI=1S/C25H31N3O4/c1-5-17(2)19-10-6-9-13-22(19)32-16-25(31)27(4)15-24(30)28-18(3)14-23(29)26-20-11-7-8-12-21(20)28/h6-13,17-18H,5,14-16H2,1-4H3,(H,26,29). The second kappa shape index (κ2) is 10.3. The molecule has 0 fully saturated rings. The van der Waals surface area contributed by atoms with E-state index in [-0.39, 0.29) is 43.3 Å². The molecule has 7 nitrogen and oxygen atoms in total. The number of benzene rings is 2. The van der Waals surface area contributed by atoms with Gasteiger partial charge in [-0.2, -0.15) is 0 Å². The molecule has 3 rings (SSSR count). The minimum absolute atomic E-state index is 0.109. The van der Waals surface area contributed by atoms with E-state index < -0.39 is 0 Å². The molecular formula is C25H31N3O4. The lowest BCUT2D eigenvalue weighted by Gasteiger charge is -2.29. The van der Waals surface area contributed by atoms with Gasteiger partial charge in [0.2, 0.25) is 11.8 Å². The summed E-state index contributed by atoms with van der Waals surface area (Å²) in [5.41, 5.74) is 2.29. The molecule has 7 heteroatoms. The molecule has 32 heavy (non-hydrogen) atoms. The largest absolute Gasteiger partial charge is 0.483 e. The molecule has 2 aromatic carbocycles. The summed E-state index contributed by atoms with van der Waals surface area (Å²) in [5, 5.41) is 2.84. The molecule has 170 valence electrons. The Balaban J connectivity index is 1.67. The van der Waals surface area contributed by atoms with E-state index in [1.807, 2.05) is 43.3 Å². The number of hydrogen-bond donors (Lipinski definition) is 1. The zero-order valence-corrected chi connectivity index (χ0v) is 19.1. The number of nitrogens with zero attached hydrogens (tertiary/aromatic N) is 2. The predicted octanol–water partition coefficient (Wildman–Crippen LogP) is 3.80. The zero-order valence-electron chi connectivity index (χ0n) is 19.1. The maximum absolute atomic E-state index is 13.2. The number of anilines is 2. The van der Waals surface area contributed by atoms with Crippen LogP contribution >= 0.6 is 0 Å². The fourth-order valence-electron chi connectivity index (χ4n) is 3.82. The Labute approximate surface area is 189 Å². The van der Waals surface area contributed by atoms with E-state index in [9.17, 15) is 14.4 Å². The molecule has 1 N–H and O–H groups in total. The number of amides is 3. The van der Waals surface area contributed by atoms with Gasteiger partial charge >= 0.3 is 0 Å². The first kappa shape index (κ1) is 23.3. The van der Waals surface area contributed by atoms with Gasteiger partial charge in [0.15, 0.2) is 6.61 Å². The van der Waals surface area contributed by atoms with Crippen LogP contribution < -0.4 is 15.0 Å². The Hall–Kier alpha value is -3.35. The normalized spacial score (nSPS) is 16.4. The highest BCUT2D eigenvalue weighted by Crippen LogP contribution is 2.31. The minimum Gasteiger partial charge on any atom is -0.483 e. The van der Waals surface area contributed by atoms with E-state index in [0.29, 0.717) is 23.0 Å². The lowest BCUT2D eigenvalue weighted by molar-refractivity contribution is -0.135. The first-order chi connectivity index (χ1) is 15.3. The summed E-state index contributed by atoms with van der Waals surface area (Å²) in [5.74, 6) is 0.328. The second-order valence-electron chi connectivity index (χ2n) is 8.27. The van der Waals surface area contributed by atoms with E-state index in [4.69, 9.17) is 4.74 Å². The highest BCUT2D eigenvalue weighted by atomic mass is 16.5. The lowest BCUT2D eigenvalue weighted by atomic mass is 9.98. The van der Waals surface area contributed by atoms with Crippen molar-refractivity contribution in [2.45, 2.75) is 45.6 Å². The molecule has 0 saturated heterocycles. The average Bonchev–Trinajstić information content (AvgIpc) is 2.90. The molecule has 0 radical (unpaired) electrons. The van der Waals surface area contributed by atoms with Gasteiger partial charge in [-0.15, -0.1) is 0 Å². The van der Waals surface area contributed by atoms with Gasteiger partial charge in [0.1, 0.15) is 5.75 Å². The number of fused-ring (bicyclic) bond motifs is 1. The van der Waals surface area contributed by atoms with E-state index in [1.165, 1.54) is 4.90 Å². The van der Waals surface area contributed by atoms with Crippen molar-refractivity contribution in [2.75, 3.05) is 30.4 Å². The fourth-order valence-corrected chi connectivity index (χ4v) is 3.82. The van der Waals surface area contributed by atoms with Crippen molar-refractivity contribution in [1.82, 2.24) is 4.90 Å². The van der Waals surface area contributed by atoms with E-state index in [1.54, 1.807) is 24.1 Å². The molecular weight excluding hydrogens is 406 g/mol. The second-order valence-corrected chi connectivity index (χ2v) is 8.27. The van der Waals surface area contributed by atoms with Gasteiger partial charge in [-0.05, 0) is 43.0 Å². The summed E-state index contributed by atoms with van der Waals surface area (Å²) < 4.78 is 5.81. The van der Waals surface area contributed by atoms with Gasteiger partial charge < -0.3 is 19.9 Å². The van der Waals surface area contributed by atoms with Gasteiger partial charge in [-0.3, -0.25) is 14.4 Å². The third kappa shape index (κ3) is 5.28. The molecule has 1 aliphatic heterocycles. The Kier molecular flexibility index (Phi) is 7.51. The zero-order chi connectivity index (χ0) is 23.3. The molecule has 0 aromatic heterocycles. The summed E-state index contributed by atoms with van der Waals surface area (Å²) >= 11 is 0. The summed E-state index contributed by atoms with van der Waals surface area (Å²) in [6, 6.07) is 14.6. The molecule has 2 unspecified atom stereocenters. The maximum Gasteiger partial charge on any atom is 0.260 e. The van der Waals surface area contributed by atoms with Crippen LogP contribution in [0.15, 0.2) is 48.5 Å². The molecule has 0 bridgehead atoms. The van der Waals surface area contributed by atoms with Crippen LogP contribution in [0.25, 0.3) is 0 Å². The van der Waals surface area contributed by atoms with Crippen LogP contribution in [0.5, 0.6) is 5.75 Å². The first-order valence-corrected chi connectivity index (χ1v) is 11.0. The van der Waals surface area contributed by atoms with Gasteiger partial charge in [-0.1, -0.05) is 44.2 Å². The quantitative estimate of drug-likeness (QED) is 0.715. The molecule has 2 aromatic rings. The summed E-state index contributed by atoms with van der Waals surface area (Å²) in [6.07, 6.45) is 1.16. The van der Waals surface area contributed by atoms with Gasteiger partial charge in [0, 0.05) is 19.5 Å². The van der Waals surface area contributed by atoms with Crippen molar-refractivity contribution in [1.29, 1.82) is 0 Å². The van der Waals surface area contributed by atoms with Gasteiger partial charge in [0.05, 0.1) is 17.9 Å². The van der Waals surface area contributed by atoms with Crippen LogP contribution in [0.4, 0.5) is 11.4 Å². The van der Waals surface area contributed by atoms with Crippen LogP contribution in [-0.2, 0) is 14.4 Å². The molecule has 0 saturated carbocycles. The number of ether oxygens (including phenoxy) is 1. The third-order valence-electron chi connectivity index (χ3n) is 5.84. The number of hydrogen-bond acceptors (Lipinski definition) is 4. The summed E-state index contributed by atoms with van der Waals surface area (Å²) in [7, 11) is 1.59. The minimum atomic E-state index is -0.326. The lowest BCUT2D eigenvalue weighted by Crippen LogP contribution is -2.46.